The molecule has 4 bridgehead atoms. The van der Waals surface area contributed by atoms with Crippen molar-refractivity contribution in [3.8, 4) is 0 Å². The number of aromatic nitrogens is 4. The van der Waals surface area contributed by atoms with Crippen LogP contribution >= 0.6 is 0 Å². The Hall–Kier alpha value is -1.89. The van der Waals surface area contributed by atoms with E-state index in [4.69, 9.17) is 4.98 Å². The van der Waals surface area contributed by atoms with Gasteiger partial charge in [-0.15, -0.1) is 0 Å². The van der Waals surface area contributed by atoms with Crippen molar-refractivity contribution in [2.24, 2.45) is 23.7 Å². The number of hydrogen-bond donors (Lipinski definition) is 2. The molecule has 0 aliphatic heterocycles. The minimum atomic E-state index is -0.254. The van der Waals surface area contributed by atoms with Crippen LogP contribution in [0.2, 0.25) is 0 Å². The predicted molar refractivity (Wildman–Crippen MR) is 102 cm³/mol. The highest BCUT2D eigenvalue weighted by Crippen LogP contribution is 2.63. The molecule has 6 unspecified atom stereocenters. The Bertz CT molecular complexity index is 999. The summed E-state index contributed by atoms with van der Waals surface area (Å²) in [6.07, 6.45) is 4.56. The molecule has 2 aromatic rings. The zero-order valence-corrected chi connectivity index (χ0v) is 16.0. The zero-order chi connectivity index (χ0) is 18.9. The summed E-state index contributed by atoms with van der Waals surface area (Å²) in [7, 11) is 0. The fourth-order valence-electron chi connectivity index (χ4n) is 6.32. The SMILES string of the molecule is CCCn1c(=O)c2[nH]c(C3C4CC5CC3C(C4)C5O)nc2n(CCC)c1=O. The Labute approximate surface area is 157 Å². The molecule has 27 heavy (non-hydrogen) atoms. The second kappa shape index (κ2) is 6.06. The Balaban J connectivity index is 1.66. The lowest BCUT2D eigenvalue weighted by molar-refractivity contribution is 0.0515. The Morgan fingerprint density at radius 1 is 1.04 bits per heavy atom. The molecule has 7 nitrogen and oxygen atoms in total. The number of nitrogens with one attached hydrogen (secondary N) is 1. The monoisotopic (exact) mass is 372 g/mol. The van der Waals surface area contributed by atoms with Crippen molar-refractivity contribution in [3.05, 3.63) is 26.7 Å². The molecular weight excluding hydrogens is 344 g/mol. The predicted octanol–water partition coefficient (Wildman–Crippen LogP) is 1.83. The van der Waals surface area contributed by atoms with E-state index in [1.807, 2.05) is 13.8 Å². The van der Waals surface area contributed by atoms with E-state index in [1.54, 1.807) is 4.57 Å². The molecule has 0 aromatic carbocycles. The lowest BCUT2D eigenvalue weighted by atomic mass is 9.74. The number of H-pyrrole nitrogens is 1. The lowest BCUT2D eigenvalue weighted by Crippen LogP contribution is -2.40. The first-order chi connectivity index (χ1) is 13.0. The van der Waals surface area contributed by atoms with Crippen LogP contribution in [-0.2, 0) is 13.1 Å². The topological polar surface area (TPSA) is 92.9 Å². The number of nitrogens with zero attached hydrogens (tertiary/aromatic N) is 3. The smallest absolute Gasteiger partial charge is 0.332 e. The highest BCUT2D eigenvalue weighted by molar-refractivity contribution is 5.70. The van der Waals surface area contributed by atoms with Gasteiger partial charge in [-0.05, 0) is 55.8 Å². The maximum Gasteiger partial charge on any atom is 0.332 e. The van der Waals surface area contributed by atoms with Crippen molar-refractivity contribution < 1.29 is 5.11 Å². The quantitative estimate of drug-likeness (QED) is 0.837. The van der Waals surface area contributed by atoms with Crippen LogP contribution in [0.3, 0.4) is 0 Å². The lowest BCUT2D eigenvalue weighted by Gasteiger charge is -2.32. The minimum Gasteiger partial charge on any atom is -0.393 e. The fourth-order valence-corrected chi connectivity index (χ4v) is 6.32. The molecule has 146 valence electrons. The van der Waals surface area contributed by atoms with Crippen LogP contribution in [0.4, 0.5) is 0 Å². The Kier molecular flexibility index (Phi) is 3.86. The van der Waals surface area contributed by atoms with E-state index in [9.17, 15) is 14.7 Å². The number of imidazole rings is 1. The van der Waals surface area contributed by atoms with Gasteiger partial charge in [0.25, 0.3) is 5.56 Å². The normalized spacial score (nSPS) is 34.2. The third kappa shape index (κ3) is 2.27. The molecule has 4 fully saturated rings. The maximum absolute atomic E-state index is 12.9. The summed E-state index contributed by atoms with van der Waals surface area (Å²) in [6, 6.07) is 0. The van der Waals surface area contributed by atoms with Gasteiger partial charge in [-0.1, -0.05) is 13.8 Å². The van der Waals surface area contributed by atoms with E-state index in [2.05, 4.69) is 4.98 Å². The average molecular weight is 372 g/mol. The molecule has 2 heterocycles. The highest BCUT2D eigenvalue weighted by Gasteiger charge is 2.59. The number of rotatable bonds is 5. The molecule has 2 aromatic heterocycles. The van der Waals surface area contributed by atoms with Crippen molar-refractivity contribution in [1.29, 1.82) is 0 Å². The van der Waals surface area contributed by atoms with E-state index in [0.717, 1.165) is 37.9 Å². The van der Waals surface area contributed by atoms with Gasteiger partial charge in [0.1, 0.15) is 11.3 Å². The maximum atomic E-state index is 12.9. The molecule has 2 N–H and O–H groups in total. The van der Waals surface area contributed by atoms with Crippen LogP contribution in [0, 0.1) is 23.7 Å². The Morgan fingerprint density at radius 3 is 2.48 bits per heavy atom. The van der Waals surface area contributed by atoms with E-state index in [-0.39, 0.29) is 23.3 Å². The first kappa shape index (κ1) is 17.2. The molecule has 0 radical (unpaired) electrons. The summed E-state index contributed by atoms with van der Waals surface area (Å²) >= 11 is 0. The molecule has 4 aliphatic rings. The van der Waals surface area contributed by atoms with Gasteiger partial charge in [-0.2, -0.15) is 0 Å². The van der Waals surface area contributed by atoms with Gasteiger partial charge < -0.3 is 10.1 Å². The number of aliphatic hydroxyl groups is 1. The van der Waals surface area contributed by atoms with Gasteiger partial charge in [0.15, 0.2) is 5.65 Å². The second-order valence-corrected chi connectivity index (χ2v) is 8.78. The van der Waals surface area contributed by atoms with Crippen LogP contribution in [0.15, 0.2) is 9.59 Å². The zero-order valence-electron chi connectivity index (χ0n) is 16.0. The first-order valence-electron chi connectivity index (χ1n) is 10.5. The second-order valence-electron chi connectivity index (χ2n) is 8.78. The van der Waals surface area contributed by atoms with Crippen LogP contribution < -0.4 is 11.2 Å². The summed E-state index contributed by atoms with van der Waals surface area (Å²) in [6.45, 7) is 4.98. The van der Waals surface area contributed by atoms with E-state index in [0.29, 0.717) is 47.9 Å². The van der Waals surface area contributed by atoms with Gasteiger partial charge in [-0.25, -0.2) is 9.78 Å². The summed E-state index contributed by atoms with van der Waals surface area (Å²) in [5.74, 6) is 2.94. The van der Waals surface area contributed by atoms with Crippen molar-refractivity contribution in [2.45, 2.75) is 71.1 Å². The largest absolute Gasteiger partial charge is 0.393 e. The molecule has 0 spiro atoms. The first-order valence-corrected chi connectivity index (χ1v) is 10.5. The molecular formula is C20H28N4O3. The van der Waals surface area contributed by atoms with Gasteiger partial charge >= 0.3 is 5.69 Å². The van der Waals surface area contributed by atoms with Gasteiger partial charge in [0.05, 0.1) is 6.10 Å². The molecule has 4 aliphatic carbocycles. The summed E-state index contributed by atoms with van der Waals surface area (Å²) in [5.41, 5.74) is 0.463. The average Bonchev–Trinajstić information content (AvgIpc) is 3.25. The molecule has 4 saturated carbocycles. The van der Waals surface area contributed by atoms with Crippen LogP contribution in [0.1, 0.15) is 57.7 Å². The molecule has 0 saturated heterocycles. The van der Waals surface area contributed by atoms with Crippen LogP contribution in [0.5, 0.6) is 0 Å². The number of aromatic amines is 1. The van der Waals surface area contributed by atoms with Crippen LogP contribution in [0.25, 0.3) is 11.2 Å². The summed E-state index contributed by atoms with van der Waals surface area (Å²) in [5, 5.41) is 10.5. The third-order valence-electron chi connectivity index (χ3n) is 7.29. The van der Waals surface area contributed by atoms with Gasteiger partial charge in [-0.3, -0.25) is 13.9 Å². The standard InChI is InChI=1S/C20H28N4O3/c1-3-5-23-18-15(19(26)24(6-4-2)20(23)27)21-17(22-18)14-10-7-11-9-12(14)13(8-10)16(11)25/h10-14,16,25H,3-9H2,1-2H3,(H,21,22). The highest BCUT2D eigenvalue weighted by atomic mass is 16.3. The van der Waals surface area contributed by atoms with Gasteiger partial charge in [0, 0.05) is 19.0 Å². The third-order valence-corrected chi connectivity index (χ3v) is 7.29. The van der Waals surface area contributed by atoms with Crippen molar-refractivity contribution in [3.63, 3.8) is 0 Å². The van der Waals surface area contributed by atoms with Crippen molar-refractivity contribution in [1.82, 2.24) is 19.1 Å². The molecule has 0 amide bonds. The minimum absolute atomic E-state index is 0.166. The number of aryl methyl sites for hydroxylation is 1. The number of hydrogen-bond acceptors (Lipinski definition) is 4. The van der Waals surface area contributed by atoms with Gasteiger partial charge in [0.2, 0.25) is 0 Å². The van der Waals surface area contributed by atoms with Crippen molar-refractivity contribution in [2.75, 3.05) is 0 Å². The fraction of sp³-hybridized carbons (Fsp3) is 0.750. The molecule has 6 atom stereocenters. The summed E-state index contributed by atoms with van der Waals surface area (Å²) in [4.78, 5) is 33.9. The number of fused-ring (bicyclic) bond motifs is 1. The van der Waals surface area contributed by atoms with E-state index >= 15 is 0 Å². The van der Waals surface area contributed by atoms with Crippen molar-refractivity contribution >= 4 is 11.2 Å². The van der Waals surface area contributed by atoms with E-state index in [1.165, 1.54) is 4.57 Å². The van der Waals surface area contributed by atoms with Crippen LogP contribution in [-0.4, -0.2) is 30.3 Å². The molecule has 6 rings (SSSR count). The van der Waals surface area contributed by atoms with E-state index < -0.39 is 0 Å². The number of aliphatic hydroxyl groups excluding tert-OH is 1. The molecule has 7 heteroatoms. The summed E-state index contributed by atoms with van der Waals surface area (Å²) < 4.78 is 3.00. The Morgan fingerprint density at radius 2 is 1.74 bits per heavy atom.